The van der Waals surface area contributed by atoms with Crippen LogP contribution in [0.5, 0.6) is 0 Å². The van der Waals surface area contributed by atoms with Gasteiger partial charge in [-0.25, -0.2) is 0 Å². The summed E-state index contributed by atoms with van der Waals surface area (Å²) in [5, 5.41) is 4.00. The van der Waals surface area contributed by atoms with Crippen molar-refractivity contribution in [1.82, 2.24) is 5.32 Å². The Hall–Kier alpha value is -2.08. The first-order chi connectivity index (χ1) is 12.0. The van der Waals surface area contributed by atoms with E-state index in [1.807, 2.05) is 0 Å². The zero-order chi connectivity index (χ0) is 17.8. The van der Waals surface area contributed by atoms with Gasteiger partial charge in [-0.2, -0.15) is 0 Å². The molecule has 2 aromatic rings. The number of halogens is 2. The predicted octanol–water partition coefficient (Wildman–Crippen LogP) is 3.16. The van der Waals surface area contributed by atoms with Crippen molar-refractivity contribution >= 4 is 40.7 Å². The molecule has 1 atom stereocenters. The number of ether oxygens (including phenoxy) is 1. The number of anilines is 1. The van der Waals surface area contributed by atoms with Crippen molar-refractivity contribution in [2.45, 2.75) is 6.10 Å². The fourth-order valence-corrected chi connectivity index (χ4v) is 2.78. The minimum atomic E-state index is -0.287. The van der Waals surface area contributed by atoms with Gasteiger partial charge in [0.05, 0.1) is 12.6 Å². The van der Waals surface area contributed by atoms with E-state index in [4.69, 9.17) is 27.9 Å². The van der Waals surface area contributed by atoms with E-state index in [1.54, 1.807) is 53.4 Å². The molecule has 3 rings (SSSR count). The molecule has 0 aliphatic carbocycles. The van der Waals surface area contributed by atoms with Crippen LogP contribution in [0.1, 0.15) is 10.4 Å². The van der Waals surface area contributed by atoms with Gasteiger partial charge in [0.1, 0.15) is 6.61 Å². The van der Waals surface area contributed by atoms with Crippen LogP contribution >= 0.6 is 23.2 Å². The van der Waals surface area contributed by atoms with Crippen LogP contribution in [0, 0.1) is 0 Å². The summed E-state index contributed by atoms with van der Waals surface area (Å²) in [5.74, 6) is -0.335. The van der Waals surface area contributed by atoms with Crippen molar-refractivity contribution in [3.63, 3.8) is 0 Å². The number of benzene rings is 2. The Labute approximate surface area is 155 Å². The third kappa shape index (κ3) is 4.51. The van der Waals surface area contributed by atoms with Crippen molar-refractivity contribution in [2.75, 3.05) is 24.6 Å². The molecule has 0 bridgehead atoms. The molecule has 1 N–H and O–H groups in total. The Balaban J connectivity index is 1.59. The highest BCUT2D eigenvalue weighted by molar-refractivity contribution is 6.31. The lowest BCUT2D eigenvalue weighted by Crippen LogP contribution is -2.50. The maximum Gasteiger partial charge on any atom is 0.253 e. The van der Waals surface area contributed by atoms with Crippen molar-refractivity contribution < 1.29 is 14.3 Å². The van der Waals surface area contributed by atoms with E-state index in [0.29, 0.717) is 28.7 Å². The molecule has 1 saturated heterocycles. The van der Waals surface area contributed by atoms with Crippen LogP contribution in [0.3, 0.4) is 0 Å². The molecule has 1 aliphatic rings. The monoisotopic (exact) mass is 378 g/mol. The van der Waals surface area contributed by atoms with E-state index in [9.17, 15) is 9.59 Å². The smallest absolute Gasteiger partial charge is 0.253 e. The van der Waals surface area contributed by atoms with Crippen LogP contribution in [0.4, 0.5) is 5.69 Å². The van der Waals surface area contributed by atoms with E-state index in [1.165, 1.54) is 0 Å². The van der Waals surface area contributed by atoms with Crippen LogP contribution in [0.15, 0.2) is 48.5 Å². The molecule has 0 spiro atoms. The molecule has 1 fully saturated rings. The van der Waals surface area contributed by atoms with Gasteiger partial charge in [0.2, 0.25) is 0 Å². The van der Waals surface area contributed by atoms with Crippen LogP contribution in [-0.4, -0.2) is 37.6 Å². The molecule has 0 saturated carbocycles. The standard InChI is InChI=1S/C18H16Cl2N2O3/c19-13-3-1-12(2-4-13)18(24)21-9-16-10-22(17(23)11-25-16)15-7-5-14(20)6-8-15/h1-8,16H,9-11H2,(H,21,24). The minimum Gasteiger partial charge on any atom is -0.365 e. The fourth-order valence-electron chi connectivity index (χ4n) is 2.53. The molecule has 1 aliphatic heterocycles. The Morgan fingerprint density at radius 1 is 1.08 bits per heavy atom. The molecule has 25 heavy (non-hydrogen) atoms. The summed E-state index contributed by atoms with van der Waals surface area (Å²) < 4.78 is 5.52. The largest absolute Gasteiger partial charge is 0.365 e. The molecular weight excluding hydrogens is 363 g/mol. The van der Waals surface area contributed by atoms with Gasteiger partial charge in [-0.1, -0.05) is 23.2 Å². The average Bonchev–Trinajstić information content (AvgIpc) is 2.62. The second-order valence-electron chi connectivity index (χ2n) is 5.63. The summed E-state index contributed by atoms with van der Waals surface area (Å²) in [6.07, 6.45) is -0.287. The van der Waals surface area contributed by atoms with Crippen molar-refractivity contribution in [1.29, 1.82) is 0 Å². The summed E-state index contributed by atoms with van der Waals surface area (Å²) in [4.78, 5) is 25.9. The number of nitrogens with one attached hydrogen (secondary N) is 1. The summed E-state index contributed by atoms with van der Waals surface area (Å²) in [6.45, 7) is 0.643. The number of nitrogens with zero attached hydrogens (tertiary/aromatic N) is 1. The van der Waals surface area contributed by atoms with E-state index in [-0.39, 0.29) is 24.5 Å². The molecule has 1 unspecified atom stereocenters. The zero-order valence-electron chi connectivity index (χ0n) is 13.2. The number of carbonyl (C=O) groups excluding carboxylic acids is 2. The SMILES string of the molecule is O=C(NCC1CN(c2ccc(Cl)cc2)C(=O)CO1)c1ccc(Cl)cc1. The van der Waals surface area contributed by atoms with Gasteiger partial charge in [-0.05, 0) is 48.5 Å². The minimum absolute atomic E-state index is 0.0237. The lowest BCUT2D eigenvalue weighted by molar-refractivity contribution is -0.129. The molecule has 7 heteroatoms. The number of morpholine rings is 1. The Kier molecular flexibility index (Phi) is 5.58. The Morgan fingerprint density at radius 3 is 2.32 bits per heavy atom. The van der Waals surface area contributed by atoms with Gasteiger partial charge < -0.3 is 15.0 Å². The molecule has 5 nitrogen and oxygen atoms in total. The maximum absolute atomic E-state index is 12.1. The third-order valence-corrected chi connectivity index (χ3v) is 4.37. The lowest BCUT2D eigenvalue weighted by atomic mass is 10.2. The average molecular weight is 379 g/mol. The number of hydrogen-bond donors (Lipinski definition) is 1. The normalized spacial score (nSPS) is 17.4. The molecule has 0 radical (unpaired) electrons. The second-order valence-corrected chi connectivity index (χ2v) is 6.50. The topological polar surface area (TPSA) is 58.6 Å². The fraction of sp³-hybridized carbons (Fsp3) is 0.222. The maximum atomic E-state index is 12.1. The summed E-state index contributed by atoms with van der Waals surface area (Å²) in [6, 6.07) is 13.7. The van der Waals surface area contributed by atoms with E-state index >= 15 is 0 Å². The quantitative estimate of drug-likeness (QED) is 0.888. The summed E-state index contributed by atoms with van der Waals surface area (Å²) >= 11 is 11.7. The first kappa shape index (κ1) is 17.7. The second kappa shape index (κ2) is 7.87. The summed E-state index contributed by atoms with van der Waals surface area (Å²) in [7, 11) is 0. The van der Waals surface area contributed by atoms with Crippen LogP contribution in [0.25, 0.3) is 0 Å². The highest BCUT2D eigenvalue weighted by Gasteiger charge is 2.27. The van der Waals surface area contributed by atoms with Crippen LogP contribution < -0.4 is 10.2 Å². The highest BCUT2D eigenvalue weighted by Crippen LogP contribution is 2.21. The van der Waals surface area contributed by atoms with Gasteiger partial charge in [0.15, 0.2) is 0 Å². The molecule has 2 amide bonds. The molecule has 1 heterocycles. The number of rotatable bonds is 4. The van der Waals surface area contributed by atoms with E-state index in [2.05, 4.69) is 5.32 Å². The van der Waals surface area contributed by atoms with Crippen molar-refractivity contribution in [3.8, 4) is 0 Å². The first-order valence-electron chi connectivity index (χ1n) is 7.74. The molecular formula is C18H16Cl2N2O3. The molecule has 2 aromatic carbocycles. The van der Waals surface area contributed by atoms with Gasteiger partial charge in [0.25, 0.3) is 11.8 Å². The highest BCUT2D eigenvalue weighted by atomic mass is 35.5. The Morgan fingerprint density at radius 2 is 1.68 bits per heavy atom. The lowest BCUT2D eigenvalue weighted by Gasteiger charge is -2.32. The molecule has 0 aromatic heterocycles. The van der Waals surface area contributed by atoms with E-state index in [0.717, 1.165) is 5.69 Å². The van der Waals surface area contributed by atoms with Crippen molar-refractivity contribution in [3.05, 3.63) is 64.1 Å². The first-order valence-corrected chi connectivity index (χ1v) is 8.50. The van der Waals surface area contributed by atoms with Gasteiger partial charge in [-0.3, -0.25) is 9.59 Å². The van der Waals surface area contributed by atoms with Gasteiger partial charge in [0, 0.05) is 27.8 Å². The number of carbonyl (C=O) groups is 2. The number of hydrogen-bond acceptors (Lipinski definition) is 3. The third-order valence-electron chi connectivity index (χ3n) is 3.86. The van der Waals surface area contributed by atoms with Crippen LogP contribution in [-0.2, 0) is 9.53 Å². The Bertz CT molecular complexity index is 763. The van der Waals surface area contributed by atoms with Crippen molar-refractivity contribution in [2.24, 2.45) is 0 Å². The van der Waals surface area contributed by atoms with Gasteiger partial charge in [-0.15, -0.1) is 0 Å². The number of amides is 2. The molecule has 130 valence electrons. The predicted molar refractivity (Wildman–Crippen MR) is 97.3 cm³/mol. The summed E-state index contributed by atoms with van der Waals surface area (Å²) in [5.41, 5.74) is 1.28. The van der Waals surface area contributed by atoms with Gasteiger partial charge >= 0.3 is 0 Å². The van der Waals surface area contributed by atoms with Crippen LogP contribution in [0.2, 0.25) is 10.0 Å². The zero-order valence-corrected chi connectivity index (χ0v) is 14.8. The van der Waals surface area contributed by atoms with E-state index < -0.39 is 0 Å².